The van der Waals surface area contributed by atoms with E-state index >= 15 is 0 Å². The molecule has 0 amide bonds. The van der Waals surface area contributed by atoms with Gasteiger partial charge in [0.15, 0.2) is 0 Å². The molecule has 1 aromatic rings. The van der Waals surface area contributed by atoms with Crippen molar-refractivity contribution in [2.75, 3.05) is 6.54 Å². The molecular weight excluding hydrogens is 266 g/mol. The molecule has 1 aliphatic heterocycles. The third-order valence-electron chi connectivity index (χ3n) is 3.80. The van der Waals surface area contributed by atoms with Gasteiger partial charge in [-0.25, -0.2) is 0 Å². The molecule has 1 aromatic carbocycles. The van der Waals surface area contributed by atoms with Crippen molar-refractivity contribution in [2.45, 2.75) is 58.2 Å². The van der Waals surface area contributed by atoms with Gasteiger partial charge in [0.05, 0.1) is 6.10 Å². The maximum atomic E-state index is 11.5. The highest BCUT2D eigenvalue weighted by atomic mass is 16.5. The van der Waals surface area contributed by atoms with Crippen molar-refractivity contribution in [2.24, 2.45) is 0 Å². The molecule has 4 nitrogen and oxygen atoms in total. The third kappa shape index (κ3) is 4.74. The first-order chi connectivity index (χ1) is 10.1. The molecule has 2 rings (SSSR count). The smallest absolute Gasteiger partial charge is 0.320 e. The van der Waals surface area contributed by atoms with Gasteiger partial charge in [0, 0.05) is 6.54 Å². The van der Waals surface area contributed by atoms with Crippen LogP contribution in [0.25, 0.3) is 0 Å². The van der Waals surface area contributed by atoms with Crippen LogP contribution in [0.1, 0.15) is 45.1 Å². The fourth-order valence-corrected chi connectivity index (χ4v) is 2.86. The number of ether oxygens (including phenoxy) is 1. The lowest BCUT2D eigenvalue weighted by molar-refractivity contribution is -0.143. The van der Waals surface area contributed by atoms with Gasteiger partial charge in [-0.15, -0.1) is 0 Å². The third-order valence-corrected chi connectivity index (χ3v) is 3.80. The molecule has 0 radical (unpaired) electrons. The van der Waals surface area contributed by atoms with E-state index in [1.54, 1.807) is 0 Å². The fourth-order valence-electron chi connectivity index (χ4n) is 2.86. The maximum Gasteiger partial charge on any atom is 0.320 e. The predicted molar refractivity (Wildman–Crippen MR) is 82.5 cm³/mol. The Labute approximate surface area is 126 Å². The normalized spacial score (nSPS) is 20.2. The van der Waals surface area contributed by atoms with Crippen LogP contribution in [-0.4, -0.2) is 34.7 Å². The summed E-state index contributed by atoms with van der Waals surface area (Å²) in [5.41, 5.74) is 1.11. The van der Waals surface area contributed by atoms with E-state index < -0.39 is 5.97 Å². The summed E-state index contributed by atoms with van der Waals surface area (Å²) in [5.74, 6) is 0.149. The van der Waals surface area contributed by atoms with Gasteiger partial charge in [0.2, 0.25) is 0 Å². The molecule has 1 aliphatic rings. The minimum absolute atomic E-state index is 0.144. The van der Waals surface area contributed by atoms with Gasteiger partial charge in [-0.3, -0.25) is 9.69 Å². The quantitative estimate of drug-likeness (QED) is 0.904. The first-order valence-electron chi connectivity index (χ1n) is 7.78. The zero-order chi connectivity index (χ0) is 15.2. The van der Waals surface area contributed by atoms with E-state index in [9.17, 15) is 9.90 Å². The molecule has 1 atom stereocenters. The van der Waals surface area contributed by atoms with E-state index in [0.717, 1.165) is 43.5 Å². The zero-order valence-corrected chi connectivity index (χ0v) is 12.9. The van der Waals surface area contributed by atoms with Crippen LogP contribution in [0.2, 0.25) is 0 Å². The first kappa shape index (κ1) is 15.8. The Morgan fingerprint density at radius 2 is 2.19 bits per heavy atom. The lowest BCUT2D eigenvalue weighted by Crippen LogP contribution is -2.40. The average molecular weight is 291 g/mol. The topological polar surface area (TPSA) is 49.8 Å². The van der Waals surface area contributed by atoms with Gasteiger partial charge in [-0.05, 0) is 50.9 Å². The number of benzene rings is 1. The lowest BCUT2D eigenvalue weighted by Gasteiger charge is -2.26. The fraction of sp³-hybridized carbons (Fsp3) is 0.588. The molecule has 1 N–H and O–H groups in total. The average Bonchev–Trinajstić information content (AvgIpc) is 2.64. The Morgan fingerprint density at radius 1 is 1.38 bits per heavy atom. The standard InChI is InChI=1S/C17H25NO3/c1-13(2)21-15-8-6-7-14(11-15)12-18-10-5-3-4-9-16(18)17(19)20/h6-8,11,13,16H,3-5,9-10,12H2,1-2H3,(H,19,20). The molecule has 1 unspecified atom stereocenters. The van der Waals surface area contributed by atoms with E-state index in [1.807, 2.05) is 38.1 Å². The lowest BCUT2D eigenvalue weighted by atomic mass is 10.1. The number of nitrogens with zero attached hydrogens (tertiary/aromatic N) is 1. The van der Waals surface area contributed by atoms with Crippen molar-refractivity contribution in [1.82, 2.24) is 4.90 Å². The van der Waals surface area contributed by atoms with Crippen molar-refractivity contribution in [3.05, 3.63) is 29.8 Å². The maximum absolute atomic E-state index is 11.5. The molecule has 21 heavy (non-hydrogen) atoms. The van der Waals surface area contributed by atoms with Crippen molar-refractivity contribution < 1.29 is 14.6 Å². The number of hydrogen-bond donors (Lipinski definition) is 1. The summed E-state index contributed by atoms with van der Waals surface area (Å²) in [5, 5.41) is 9.42. The van der Waals surface area contributed by atoms with Gasteiger partial charge in [0.1, 0.15) is 11.8 Å². The second-order valence-electron chi connectivity index (χ2n) is 5.99. The summed E-state index contributed by atoms with van der Waals surface area (Å²) in [6.45, 7) is 5.53. The molecule has 0 saturated carbocycles. The van der Waals surface area contributed by atoms with Crippen molar-refractivity contribution in [3.8, 4) is 5.75 Å². The Balaban J connectivity index is 2.09. The van der Waals surface area contributed by atoms with Crippen LogP contribution in [0.4, 0.5) is 0 Å². The number of carboxylic acids is 1. The molecular formula is C17H25NO3. The number of carbonyl (C=O) groups is 1. The molecule has 4 heteroatoms. The van der Waals surface area contributed by atoms with Crippen LogP contribution in [-0.2, 0) is 11.3 Å². The number of carboxylic acid groups (broad SMARTS) is 1. The Morgan fingerprint density at radius 3 is 2.90 bits per heavy atom. The van der Waals surface area contributed by atoms with Gasteiger partial charge in [0.25, 0.3) is 0 Å². The van der Waals surface area contributed by atoms with Crippen LogP contribution < -0.4 is 4.74 Å². The monoisotopic (exact) mass is 291 g/mol. The van der Waals surface area contributed by atoms with E-state index in [1.165, 1.54) is 0 Å². The van der Waals surface area contributed by atoms with E-state index in [2.05, 4.69) is 4.90 Å². The summed E-state index contributed by atoms with van der Waals surface area (Å²) in [7, 11) is 0. The number of aliphatic carboxylic acids is 1. The first-order valence-corrected chi connectivity index (χ1v) is 7.78. The van der Waals surface area contributed by atoms with Gasteiger partial charge >= 0.3 is 5.97 Å². The van der Waals surface area contributed by atoms with Crippen molar-refractivity contribution in [3.63, 3.8) is 0 Å². The zero-order valence-electron chi connectivity index (χ0n) is 12.9. The highest BCUT2D eigenvalue weighted by Crippen LogP contribution is 2.22. The number of likely N-dealkylation sites (tertiary alicyclic amines) is 1. The van der Waals surface area contributed by atoms with Gasteiger partial charge in [-0.2, -0.15) is 0 Å². The summed E-state index contributed by atoms with van der Waals surface area (Å²) in [6.07, 6.45) is 4.09. The summed E-state index contributed by atoms with van der Waals surface area (Å²) < 4.78 is 5.71. The Bertz CT molecular complexity index is 473. The second-order valence-corrected chi connectivity index (χ2v) is 5.99. The highest BCUT2D eigenvalue weighted by Gasteiger charge is 2.26. The van der Waals surface area contributed by atoms with Crippen LogP contribution in [0.3, 0.4) is 0 Å². The Kier molecular flexibility index (Phi) is 5.62. The largest absolute Gasteiger partial charge is 0.491 e. The van der Waals surface area contributed by atoms with Crippen LogP contribution >= 0.6 is 0 Å². The van der Waals surface area contributed by atoms with Gasteiger partial charge < -0.3 is 9.84 Å². The van der Waals surface area contributed by atoms with E-state index in [-0.39, 0.29) is 12.1 Å². The van der Waals surface area contributed by atoms with Gasteiger partial charge in [-0.1, -0.05) is 25.0 Å². The molecule has 116 valence electrons. The van der Waals surface area contributed by atoms with Crippen LogP contribution in [0.15, 0.2) is 24.3 Å². The minimum Gasteiger partial charge on any atom is -0.491 e. The summed E-state index contributed by atoms with van der Waals surface area (Å²) >= 11 is 0. The molecule has 0 aromatic heterocycles. The predicted octanol–water partition coefficient (Wildman–Crippen LogP) is 3.30. The SMILES string of the molecule is CC(C)Oc1cccc(CN2CCCCCC2C(=O)O)c1. The molecule has 1 heterocycles. The number of rotatable bonds is 5. The van der Waals surface area contributed by atoms with E-state index in [4.69, 9.17) is 4.74 Å². The second kappa shape index (κ2) is 7.46. The van der Waals surface area contributed by atoms with E-state index in [0.29, 0.717) is 6.54 Å². The number of hydrogen-bond acceptors (Lipinski definition) is 3. The van der Waals surface area contributed by atoms with Crippen LogP contribution in [0.5, 0.6) is 5.75 Å². The molecule has 1 saturated heterocycles. The Hall–Kier alpha value is -1.55. The highest BCUT2D eigenvalue weighted by molar-refractivity contribution is 5.73. The van der Waals surface area contributed by atoms with Crippen molar-refractivity contribution in [1.29, 1.82) is 0 Å². The molecule has 0 aliphatic carbocycles. The molecule has 0 spiro atoms. The van der Waals surface area contributed by atoms with Crippen LogP contribution in [0, 0.1) is 0 Å². The van der Waals surface area contributed by atoms with Crippen molar-refractivity contribution >= 4 is 5.97 Å². The summed E-state index contributed by atoms with van der Waals surface area (Å²) in [6, 6.07) is 7.62. The summed E-state index contributed by atoms with van der Waals surface area (Å²) in [4.78, 5) is 13.5. The molecule has 0 bridgehead atoms. The minimum atomic E-state index is -0.702. The molecule has 1 fully saturated rings.